The second-order valence-electron chi connectivity index (χ2n) is 6.12. The zero-order valence-corrected chi connectivity index (χ0v) is 13.1. The predicted molar refractivity (Wildman–Crippen MR) is 86.9 cm³/mol. The highest BCUT2D eigenvalue weighted by atomic mass is 16.5. The van der Waals surface area contributed by atoms with Crippen molar-refractivity contribution in [3.63, 3.8) is 0 Å². The number of aryl methyl sites for hydroxylation is 2. The molecule has 1 saturated carbocycles. The van der Waals surface area contributed by atoms with Gasteiger partial charge in [0.1, 0.15) is 6.26 Å². The number of benzene rings is 1. The summed E-state index contributed by atoms with van der Waals surface area (Å²) in [5, 5.41) is 8.83. The summed E-state index contributed by atoms with van der Waals surface area (Å²) in [5.74, 6) is 2.28. The maximum Gasteiger partial charge on any atom is 0.180 e. The third-order valence-corrected chi connectivity index (χ3v) is 4.53. The molecule has 1 aliphatic carbocycles. The van der Waals surface area contributed by atoms with E-state index in [9.17, 15) is 0 Å². The average molecular weight is 308 g/mol. The molecule has 1 fully saturated rings. The van der Waals surface area contributed by atoms with Crippen LogP contribution in [0.15, 0.2) is 47.2 Å². The number of aromatic nitrogens is 4. The van der Waals surface area contributed by atoms with E-state index in [-0.39, 0.29) is 0 Å². The van der Waals surface area contributed by atoms with E-state index >= 15 is 0 Å². The van der Waals surface area contributed by atoms with Crippen molar-refractivity contribution in [1.29, 1.82) is 0 Å². The Hall–Kier alpha value is -2.43. The first kappa shape index (κ1) is 14.2. The molecule has 0 spiro atoms. The summed E-state index contributed by atoms with van der Waals surface area (Å²) in [6.45, 7) is 0.798. The van der Waals surface area contributed by atoms with Gasteiger partial charge in [-0.05, 0) is 24.8 Å². The maximum atomic E-state index is 4.99. The monoisotopic (exact) mass is 308 g/mol. The van der Waals surface area contributed by atoms with Crippen LogP contribution in [0.5, 0.6) is 0 Å². The molecule has 0 bridgehead atoms. The third kappa shape index (κ3) is 3.04. The lowest BCUT2D eigenvalue weighted by atomic mass is 10.1. The molecule has 5 heteroatoms. The Balaban J connectivity index is 1.61. The minimum atomic E-state index is 0.499. The molecule has 5 nitrogen and oxygen atoms in total. The van der Waals surface area contributed by atoms with E-state index in [0.717, 1.165) is 30.3 Å². The molecule has 0 unspecified atom stereocenters. The number of nitrogens with zero attached hydrogens (tertiary/aromatic N) is 4. The van der Waals surface area contributed by atoms with Gasteiger partial charge in [-0.1, -0.05) is 48.3 Å². The Kier molecular flexibility index (Phi) is 3.92. The van der Waals surface area contributed by atoms with Crippen LogP contribution < -0.4 is 0 Å². The summed E-state index contributed by atoms with van der Waals surface area (Å²) < 4.78 is 6.97. The predicted octanol–water partition coefficient (Wildman–Crippen LogP) is 3.83. The van der Waals surface area contributed by atoms with Gasteiger partial charge in [0.25, 0.3) is 0 Å². The van der Waals surface area contributed by atoms with Gasteiger partial charge >= 0.3 is 0 Å². The van der Waals surface area contributed by atoms with Crippen LogP contribution in [0, 0.1) is 0 Å². The van der Waals surface area contributed by atoms with Crippen molar-refractivity contribution >= 4 is 0 Å². The van der Waals surface area contributed by atoms with E-state index in [1.807, 2.05) is 16.8 Å². The molecular formula is C18H20N4O. The normalized spacial score (nSPS) is 15.3. The van der Waals surface area contributed by atoms with Crippen LogP contribution >= 0.6 is 0 Å². The molecule has 0 saturated heterocycles. The molecule has 0 radical (unpaired) electrons. The molecule has 118 valence electrons. The second kappa shape index (κ2) is 6.36. The van der Waals surface area contributed by atoms with Crippen molar-refractivity contribution in [1.82, 2.24) is 19.9 Å². The summed E-state index contributed by atoms with van der Waals surface area (Å²) in [6.07, 6.45) is 7.47. The van der Waals surface area contributed by atoms with Crippen molar-refractivity contribution in [2.75, 3.05) is 0 Å². The van der Waals surface area contributed by atoms with Gasteiger partial charge in [-0.3, -0.25) is 0 Å². The van der Waals surface area contributed by atoms with Crippen LogP contribution in [0.25, 0.3) is 11.5 Å². The van der Waals surface area contributed by atoms with E-state index in [0.29, 0.717) is 5.92 Å². The molecular weight excluding hydrogens is 288 g/mol. The Morgan fingerprint density at radius 3 is 2.65 bits per heavy atom. The first-order chi connectivity index (χ1) is 11.4. The van der Waals surface area contributed by atoms with Gasteiger partial charge in [-0.15, -0.1) is 0 Å². The Bertz CT molecular complexity index is 743. The van der Waals surface area contributed by atoms with Gasteiger partial charge in [0, 0.05) is 18.5 Å². The van der Waals surface area contributed by atoms with Gasteiger partial charge < -0.3 is 4.52 Å². The fourth-order valence-corrected chi connectivity index (χ4v) is 3.27. The lowest BCUT2D eigenvalue weighted by molar-refractivity contribution is 0.421. The SMILES string of the molecule is c1ccc(CCn2nc(C3CCCC3)nc2-c2ccon2)cc1. The number of rotatable bonds is 5. The average Bonchev–Trinajstić information content (AvgIpc) is 3.33. The molecule has 3 aromatic rings. The molecule has 0 N–H and O–H groups in total. The van der Waals surface area contributed by atoms with Gasteiger partial charge in [0.05, 0.1) is 0 Å². The minimum absolute atomic E-state index is 0.499. The van der Waals surface area contributed by atoms with Gasteiger partial charge in [-0.2, -0.15) is 5.10 Å². The molecule has 1 aromatic carbocycles. The first-order valence-electron chi connectivity index (χ1n) is 8.29. The highest BCUT2D eigenvalue weighted by Crippen LogP contribution is 2.33. The topological polar surface area (TPSA) is 56.7 Å². The largest absolute Gasteiger partial charge is 0.364 e. The van der Waals surface area contributed by atoms with Gasteiger partial charge in [-0.25, -0.2) is 9.67 Å². The lowest BCUT2D eigenvalue weighted by Gasteiger charge is -2.04. The zero-order chi connectivity index (χ0) is 15.5. The van der Waals surface area contributed by atoms with E-state index in [4.69, 9.17) is 14.6 Å². The maximum absolute atomic E-state index is 4.99. The molecule has 2 aromatic heterocycles. The van der Waals surface area contributed by atoms with E-state index in [1.54, 1.807) is 6.26 Å². The summed E-state index contributed by atoms with van der Waals surface area (Å²) in [7, 11) is 0. The van der Waals surface area contributed by atoms with Gasteiger partial charge in [0.2, 0.25) is 0 Å². The number of hydrogen-bond donors (Lipinski definition) is 0. The quantitative estimate of drug-likeness (QED) is 0.718. The van der Waals surface area contributed by atoms with E-state index in [2.05, 4.69) is 29.4 Å². The fraction of sp³-hybridized carbons (Fsp3) is 0.389. The molecule has 4 rings (SSSR count). The van der Waals surface area contributed by atoms with Crippen LogP contribution in [0.3, 0.4) is 0 Å². The Morgan fingerprint density at radius 2 is 1.91 bits per heavy atom. The number of hydrogen-bond acceptors (Lipinski definition) is 4. The highest BCUT2D eigenvalue weighted by Gasteiger charge is 2.24. The molecule has 2 heterocycles. The first-order valence-corrected chi connectivity index (χ1v) is 8.29. The second-order valence-corrected chi connectivity index (χ2v) is 6.12. The van der Waals surface area contributed by atoms with Crippen molar-refractivity contribution < 1.29 is 4.52 Å². The summed E-state index contributed by atoms with van der Waals surface area (Å²) in [6, 6.07) is 12.3. The van der Waals surface area contributed by atoms with Crippen LogP contribution in [0.4, 0.5) is 0 Å². The van der Waals surface area contributed by atoms with Gasteiger partial charge in [0.15, 0.2) is 17.3 Å². The summed E-state index contributed by atoms with van der Waals surface area (Å²) >= 11 is 0. The lowest BCUT2D eigenvalue weighted by Crippen LogP contribution is -2.06. The third-order valence-electron chi connectivity index (χ3n) is 4.53. The van der Waals surface area contributed by atoms with Crippen molar-refractivity contribution in [3.05, 3.63) is 54.0 Å². The minimum Gasteiger partial charge on any atom is -0.364 e. The van der Waals surface area contributed by atoms with E-state index < -0.39 is 0 Å². The molecule has 0 aliphatic heterocycles. The highest BCUT2D eigenvalue weighted by molar-refractivity contribution is 5.47. The van der Waals surface area contributed by atoms with Crippen molar-refractivity contribution in [2.24, 2.45) is 0 Å². The standard InChI is InChI=1S/C18H20N4O/c1-2-6-14(7-3-1)10-12-22-18(16-11-13-23-21-16)19-17(20-22)15-8-4-5-9-15/h1-3,6-7,11,13,15H,4-5,8-10,12H2. The Labute approximate surface area is 135 Å². The molecule has 23 heavy (non-hydrogen) atoms. The zero-order valence-electron chi connectivity index (χ0n) is 13.1. The van der Waals surface area contributed by atoms with Crippen LogP contribution in [0.2, 0.25) is 0 Å². The van der Waals surface area contributed by atoms with Crippen molar-refractivity contribution in [2.45, 2.75) is 44.6 Å². The Morgan fingerprint density at radius 1 is 1.09 bits per heavy atom. The van der Waals surface area contributed by atoms with Crippen LogP contribution in [-0.4, -0.2) is 19.9 Å². The molecule has 0 atom stereocenters. The fourth-order valence-electron chi connectivity index (χ4n) is 3.27. The molecule has 1 aliphatic rings. The summed E-state index contributed by atoms with van der Waals surface area (Å²) in [5.41, 5.74) is 2.06. The van der Waals surface area contributed by atoms with Crippen LogP contribution in [-0.2, 0) is 13.0 Å². The smallest absolute Gasteiger partial charge is 0.180 e. The van der Waals surface area contributed by atoms with Crippen LogP contribution in [0.1, 0.15) is 43.0 Å². The summed E-state index contributed by atoms with van der Waals surface area (Å²) in [4.78, 5) is 4.78. The van der Waals surface area contributed by atoms with Crippen molar-refractivity contribution in [3.8, 4) is 11.5 Å². The van der Waals surface area contributed by atoms with E-state index in [1.165, 1.54) is 31.2 Å². The molecule has 0 amide bonds.